The lowest BCUT2D eigenvalue weighted by Crippen LogP contribution is -2.32. The summed E-state index contributed by atoms with van der Waals surface area (Å²) in [5.74, 6) is 2.22. The first-order chi connectivity index (χ1) is 14.5. The molecule has 0 unspecified atom stereocenters. The van der Waals surface area contributed by atoms with Gasteiger partial charge in [-0.3, -0.25) is 9.69 Å². The van der Waals surface area contributed by atoms with E-state index in [1.807, 2.05) is 55.1 Å². The summed E-state index contributed by atoms with van der Waals surface area (Å²) < 4.78 is 1.71. The third-order valence-corrected chi connectivity index (χ3v) is 6.62. The molecule has 1 saturated heterocycles. The van der Waals surface area contributed by atoms with Gasteiger partial charge in [-0.25, -0.2) is 4.68 Å². The van der Waals surface area contributed by atoms with E-state index in [-0.39, 0.29) is 5.91 Å². The number of nitrogens with zero attached hydrogens (tertiary/aromatic N) is 3. The molecule has 1 aliphatic rings. The van der Waals surface area contributed by atoms with E-state index in [0.29, 0.717) is 16.3 Å². The maximum atomic E-state index is 13.0. The largest absolute Gasteiger partial charge is 0.322 e. The molecule has 2 heterocycles. The number of thioether (sulfide) groups is 1. The van der Waals surface area contributed by atoms with Gasteiger partial charge in [0, 0.05) is 48.0 Å². The molecule has 156 valence electrons. The van der Waals surface area contributed by atoms with Crippen molar-refractivity contribution < 1.29 is 4.79 Å². The first-order valence-corrected chi connectivity index (χ1v) is 11.6. The van der Waals surface area contributed by atoms with Crippen molar-refractivity contribution in [3.05, 3.63) is 76.1 Å². The number of anilines is 1. The fourth-order valence-electron chi connectivity index (χ4n) is 3.59. The minimum atomic E-state index is -0.151. The fourth-order valence-corrected chi connectivity index (χ4v) is 4.69. The predicted molar refractivity (Wildman–Crippen MR) is 125 cm³/mol. The second-order valence-corrected chi connectivity index (χ2v) is 9.14. The second kappa shape index (κ2) is 9.25. The zero-order valence-corrected chi connectivity index (χ0v) is 18.8. The van der Waals surface area contributed by atoms with Crippen molar-refractivity contribution in [3.8, 4) is 5.69 Å². The molecular weight excluding hydrogens is 416 g/mol. The van der Waals surface area contributed by atoms with Crippen LogP contribution >= 0.6 is 23.4 Å². The number of aromatic nitrogens is 2. The Kier molecular flexibility index (Phi) is 6.46. The van der Waals surface area contributed by atoms with Gasteiger partial charge in [-0.1, -0.05) is 23.7 Å². The lowest BCUT2D eigenvalue weighted by Gasteiger charge is -2.27. The average molecular weight is 441 g/mol. The molecule has 1 fully saturated rings. The number of amides is 1. The van der Waals surface area contributed by atoms with Crippen molar-refractivity contribution in [3.63, 3.8) is 0 Å². The van der Waals surface area contributed by atoms with Crippen molar-refractivity contribution in [2.24, 2.45) is 0 Å². The topological polar surface area (TPSA) is 50.2 Å². The summed E-state index contributed by atoms with van der Waals surface area (Å²) in [7, 11) is 0. The quantitative estimate of drug-likeness (QED) is 0.610. The minimum Gasteiger partial charge on any atom is -0.322 e. The zero-order chi connectivity index (χ0) is 21.1. The van der Waals surface area contributed by atoms with Crippen LogP contribution in [0.1, 0.15) is 27.2 Å². The van der Waals surface area contributed by atoms with Gasteiger partial charge in [-0.15, -0.1) is 0 Å². The highest BCUT2D eigenvalue weighted by atomic mass is 35.5. The highest BCUT2D eigenvalue weighted by Crippen LogP contribution is 2.23. The number of carbonyl (C=O) groups excluding carboxylic acids is 1. The summed E-state index contributed by atoms with van der Waals surface area (Å²) >= 11 is 7.98. The molecule has 1 amide bonds. The average Bonchev–Trinajstić information content (AvgIpc) is 3.14. The highest BCUT2D eigenvalue weighted by Gasteiger charge is 2.17. The molecule has 30 heavy (non-hydrogen) atoms. The number of rotatable bonds is 5. The van der Waals surface area contributed by atoms with Crippen molar-refractivity contribution in [2.45, 2.75) is 20.4 Å². The van der Waals surface area contributed by atoms with E-state index < -0.39 is 0 Å². The SMILES string of the molecule is Cc1nn(-c2ccc(Cl)cc2)cc1C(=O)Nc1cccc(CN2CCSCC2)c1C. The molecule has 0 spiro atoms. The number of benzene rings is 2. The monoisotopic (exact) mass is 440 g/mol. The van der Waals surface area contributed by atoms with Crippen molar-refractivity contribution in [1.82, 2.24) is 14.7 Å². The molecule has 4 rings (SSSR count). The molecule has 0 atom stereocenters. The van der Waals surface area contributed by atoms with Crippen LogP contribution in [0.15, 0.2) is 48.7 Å². The first-order valence-electron chi connectivity index (χ1n) is 10.0. The third-order valence-electron chi connectivity index (χ3n) is 5.43. The Morgan fingerprint density at radius 3 is 2.60 bits per heavy atom. The van der Waals surface area contributed by atoms with E-state index in [9.17, 15) is 4.79 Å². The molecule has 1 N–H and O–H groups in total. The van der Waals surface area contributed by atoms with Crippen LogP contribution in [0.3, 0.4) is 0 Å². The smallest absolute Gasteiger partial charge is 0.259 e. The Balaban J connectivity index is 1.51. The molecule has 3 aromatic rings. The Morgan fingerprint density at radius 2 is 1.87 bits per heavy atom. The van der Waals surface area contributed by atoms with E-state index in [2.05, 4.69) is 28.3 Å². The van der Waals surface area contributed by atoms with Crippen molar-refractivity contribution in [2.75, 3.05) is 29.9 Å². The lowest BCUT2D eigenvalue weighted by molar-refractivity contribution is 0.102. The Bertz CT molecular complexity index is 1040. The number of hydrogen-bond acceptors (Lipinski definition) is 4. The molecule has 1 aliphatic heterocycles. The normalized spacial score (nSPS) is 14.6. The number of hydrogen-bond donors (Lipinski definition) is 1. The van der Waals surface area contributed by atoms with Gasteiger partial charge in [0.15, 0.2) is 0 Å². The van der Waals surface area contributed by atoms with Gasteiger partial charge in [0.05, 0.1) is 16.9 Å². The van der Waals surface area contributed by atoms with Crippen LogP contribution in [0.5, 0.6) is 0 Å². The van der Waals surface area contributed by atoms with Crippen LogP contribution in [-0.2, 0) is 6.54 Å². The van der Waals surface area contributed by atoms with E-state index in [4.69, 9.17) is 11.6 Å². The number of halogens is 1. The van der Waals surface area contributed by atoms with Gasteiger partial charge >= 0.3 is 0 Å². The van der Waals surface area contributed by atoms with E-state index in [1.165, 1.54) is 17.1 Å². The van der Waals surface area contributed by atoms with Crippen LogP contribution in [0.4, 0.5) is 5.69 Å². The standard InChI is InChI=1S/C23H25ClN4OS/c1-16-18(14-27-10-12-30-13-11-27)4-3-5-22(16)25-23(29)21-15-28(26-17(21)2)20-8-6-19(24)7-9-20/h3-9,15H,10-14H2,1-2H3,(H,25,29). The maximum Gasteiger partial charge on any atom is 0.259 e. The Hall–Kier alpha value is -2.28. The van der Waals surface area contributed by atoms with E-state index >= 15 is 0 Å². The summed E-state index contributed by atoms with van der Waals surface area (Å²) in [6.07, 6.45) is 1.76. The number of aryl methyl sites for hydroxylation is 1. The summed E-state index contributed by atoms with van der Waals surface area (Å²) in [4.78, 5) is 15.5. The van der Waals surface area contributed by atoms with Gasteiger partial charge in [-0.2, -0.15) is 16.9 Å². The Morgan fingerprint density at radius 1 is 1.13 bits per heavy atom. The van der Waals surface area contributed by atoms with E-state index in [1.54, 1.807) is 10.9 Å². The van der Waals surface area contributed by atoms with Gasteiger partial charge < -0.3 is 5.32 Å². The zero-order valence-electron chi connectivity index (χ0n) is 17.2. The lowest BCUT2D eigenvalue weighted by atomic mass is 10.1. The third kappa shape index (κ3) is 4.72. The number of carbonyl (C=O) groups is 1. The van der Waals surface area contributed by atoms with Crippen molar-refractivity contribution in [1.29, 1.82) is 0 Å². The molecule has 2 aromatic carbocycles. The highest BCUT2D eigenvalue weighted by molar-refractivity contribution is 7.99. The summed E-state index contributed by atoms with van der Waals surface area (Å²) in [6, 6.07) is 13.5. The fraction of sp³-hybridized carbons (Fsp3) is 0.304. The molecular formula is C23H25ClN4OS. The first kappa shape index (κ1) is 21.0. The van der Waals surface area contributed by atoms with Gasteiger partial charge in [0.1, 0.15) is 0 Å². The van der Waals surface area contributed by atoms with E-state index in [0.717, 1.165) is 36.6 Å². The molecule has 1 aromatic heterocycles. The van der Waals surface area contributed by atoms with Gasteiger partial charge in [-0.05, 0) is 55.3 Å². The second-order valence-electron chi connectivity index (χ2n) is 7.48. The predicted octanol–water partition coefficient (Wildman–Crippen LogP) is 4.94. The number of nitrogens with one attached hydrogen (secondary N) is 1. The Labute approximate surface area is 186 Å². The van der Waals surface area contributed by atoms with Crippen LogP contribution in [-0.4, -0.2) is 45.2 Å². The molecule has 0 saturated carbocycles. The van der Waals surface area contributed by atoms with Gasteiger partial charge in [0.2, 0.25) is 0 Å². The molecule has 0 radical (unpaired) electrons. The summed E-state index contributed by atoms with van der Waals surface area (Å²) in [5.41, 5.74) is 5.33. The van der Waals surface area contributed by atoms with Crippen LogP contribution in [0.2, 0.25) is 5.02 Å². The van der Waals surface area contributed by atoms with Crippen LogP contribution in [0.25, 0.3) is 5.69 Å². The van der Waals surface area contributed by atoms with Crippen LogP contribution < -0.4 is 5.32 Å². The molecule has 0 bridgehead atoms. The van der Waals surface area contributed by atoms with Crippen molar-refractivity contribution >= 4 is 35.0 Å². The molecule has 7 heteroatoms. The van der Waals surface area contributed by atoms with Crippen LogP contribution in [0, 0.1) is 13.8 Å². The van der Waals surface area contributed by atoms with Gasteiger partial charge in [0.25, 0.3) is 5.91 Å². The molecule has 0 aliphatic carbocycles. The minimum absolute atomic E-state index is 0.151. The molecule has 5 nitrogen and oxygen atoms in total. The summed E-state index contributed by atoms with van der Waals surface area (Å²) in [5, 5.41) is 8.24. The maximum absolute atomic E-state index is 13.0. The summed E-state index contributed by atoms with van der Waals surface area (Å²) in [6.45, 7) is 7.07.